The van der Waals surface area contributed by atoms with Crippen LogP contribution < -0.4 is 10.1 Å². The predicted octanol–water partition coefficient (Wildman–Crippen LogP) is 2.62. The Bertz CT molecular complexity index is 548. The molecular weight excluding hydrogens is 325 g/mol. The highest BCUT2D eigenvalue weighted by Crippen LogP contribution is 2.24. The van der Waals surface area contributed by atoms with Crippen LogP contribution >= 0.6 is 0 Å². The van der Waals surface area contributed by atoms with Gasteiger partial charge in [0.1, 0.15) is 5.75 Å². The molecule has 2 atom stereocenters. The minimum atomic E-state index is -4.74. The summed E-state index contributed by atoms with van der Waals surface area (Å²) >= 11 is 0. The van der Waals surface area contributed by atoms with E-state index in [0.717, 1.165) is 31.5 Å². The van der Waals surface area contributed by atoms with E-state index in [1.807, 2.05) is 4.90 Å². The molecular formula is C16H21F3N2O3. The number of hydrogen-bond donors (Lipinski definition) is 2. The molecule has 1 fully saturated rings. The zero-order valence-electron chi connectivity index (χ0n) is 13.3. The number of ether oxygens (including phenoxy) is 1. The summed E-state index contributed by atoms with van der Waals surface area (Å²) in [7, 11) is 0. The molecule has 1 saturated heterocycles. The number of aliphatic hydroxyl groups excluding tert-OH is 1. The molecule has 1 heterocycles. The van der Waals surface area contributed by atoms with Crippen molar-refractivity contribution in [1.29, 1.82) is 0 Å². The summed E-state index contributed by atoms with van der Waals surface area (Å²) in [4.78, 5) is 14.3. The Morgan fingerprint density at radius 3 is 2.67 bits per heavy atom. The number of anilines is 1. The third-order valence-corrected chi connectivity index (χ3v) is 4.09. The fourth-order valence-electron chi connectivity index (χ4n) is 2.75. The summed E-state index contributed by atoms with van der Waals surface area (Å²) in [5, 5.41) is 11.9. The Morgan fingerprint density at radius 2 is 2.08 bits per heavy atom. The van der Waals surface area contributed by atoms with Gasteiger partial charge in [0.25, 0.3) is 0 Å². The maximum Gasteiger partial charge on any atom is 0.573 e. The number of aliphatic hydroxyl groups is 1. The molecule has 0 bridgehead atoms. The van der Waals surface area contributed by atoms with Gasteiger partial charge in [0, 0.05) is 18.8 Å². The molecule has 1 aromatic rings. The lowest BCUT2D eigenvalue weighted by atomic mass is 9.97. The van der Waals surface area contributed by atoms with Gasteiger partial charge in [-0.2, -0.15) is 0 Å². The van der Waals surface area contributed by atoms with Crippen LogP contribution in [0.4, 0.5) is 18.9 Å². The van der Waals surface area contributed by atoms with Crippen LogP contribution in [-0.2, 0) is 4.79 Å². The summed E-state index contributed by atoms with van der Waals surface area (Å²) in [6, 6.07) is 4.63. The van der Waals surface area contributed by atoms with Gasteiger partial charge in [-0.15, -0.1) is 13.2 Å². The van der Waals surface area contributed by atoms with Crippen LogP contribution in [0.2, 0.25) is 0 Å². The van der Waals surface area contributed by atoms with Gasteiger partial charge in [-0.25, -0.2) is 0 Å². The largest absolute Gasteiger partial charge is 0.573 e. The summed E-state index contributed by atoms with van der Waals surface area (Å²) in [5.41, 5.74) is 0.400. The molecule has 1 aliphatic heterocycles. The van der Waals surface area contributed by atoms with Crippen LogP contribution in [0, 0.1) is 5.92 Å². The van der Waals surface area contributed by atoms with Gasteiger partial charge < -0.3 is 15.2 Å². The first kappa shape index (κ1) is 18.5. The van der Waals surface area contributed by atoms with Gasteiger partial charge in [0.05, 0.1) is 6.04 Å². The Labute approximate surface area is 138 Å². The fourth-order valence-corrected chi connectivity index (χ4v) is 2.75. The van der Waals surface area contributed by atoms with E-state index in [0.29, 0.717) is 12.2 Å². The van der Waals surface area contributed by atoms with Crippen LogP contribution in [-0.4, -0.2) is 48.0 Å². The van der Waals surface area contributed by atoms with Gasteiger partial charge in [-0.3, -0.25) is 9.69 Å². The molecule has 2 N–H and O–H groups in total. The predicted molar refractivity (Wildman–Crippen MR) is 82.6 cm³/mol. The number of likely N-dealkylation sites (tertiary alicyclic amines) is 1. The summed E-state index contributed by atoms with van der Waals surface area (Å²) in [5.74, 6) is -0.402. The Kier molecular flexibility index (Phi) is 6.06. The Morgan fingerprint density at radius 1 is 1.42 bits per heavy atom. The van der Waals surface area contributed by atoms with Crippen molar-refractivity contribution in [2.24, 2.45) is 5.92 Å². The van der Waals surface area contributed by atoms with Gasteiger partial charge in [-0.05, 0) is 56.5 Å². The lowest BCUT2D eigenvalue weighted by molar-refractivity contribution is -0.274. The van der Waals surface area contributed by atoms with Crippen molar-refractivity contribution in [2.45, 2.75) is 32.2 Å². The van der Waals surface area contributed by atoms with Crippen molar-refractivity contribution >= 4 is 11.6 Å². The first-order chi connectivity index (χ1) is 11.3. The molecule has 24 heavy (non-hydrogen) atoms. The quantitative estimate of drug-likeness (QED) is 0.860. The number of alkyl halides is 3. The second-order valence-electron chi connectivity index (χ2n) is 5.92. The second-order valence-corrected chi connectivity index (χ2v) is 5.92. The minimum absolute atomic E-state index is 0.103. The zero-order valence-corrected chi connectivity index (χ0v) is 13.3. The highest BCUT2D eigenvalue weighted by atomic mass is 19.4. The van der Waals surface area contributed by atoms with E-state index >= 15 is 0 Å². The molecule has 0 radical (unpaired) electrons. The highest BCUT2D eigenvalue weighted by Gasteiger charge is 2.31. The molecule has 0 saturated carbocycles. The van der Waals surface area contributed by atoms with Crippen molar-refractivity contribution in [2.75, 3.05) is 25.0 Å². The lowest BCUT2D eigenvalue weighted by Crippen LogP contribution is -2.47. The van der Waals surface area contributed by atoms with E-state index in [2.05, 4.69) is 10.1 Å². The van der Waals surface area contributed by atoms with E-state index in [1.165, 1.54) is 12.1 Å². The monoisotopic (exact) mass is 346 g/mol. The topological polar surface area (TPSA) is 61.8 Å². The normalized spacial score (nSPS) is 20.5. The maximum atomic E-state index is 12.3. The molecule has 1 aromatic carbocycles. The molecule has 8 heteroatoms. The zero-order chi connectivity index (χ0) is 17.7. The number of piperidine rings is 1. The van der Waals surface area contributed by atoms with Gasteiger partial charge in [0.15, 0.2) is 0 Å². The number of nitrogens with one attached hydrogen (secondary N) is 1. The van der Waals surface area contributed by atoms with Crippen molar-refractivity contribution in [1.82, 2.24) is 4.90 Å². The first-order valence-corrected chi connectivity index (χ1v) is 7.80. The van der Waals surface area contributed by atoms with Gasteiger partial charge in [-0.1, -0.05) is 0 Å². The van der Waals surface area contributed by atoms with Crippen LogP contribution in [0.1, 0.15) is 19.8 Å². The van der Waals surface area contributed by atoms with Crippen molar-refractivity contribution < 1.29 is 27.8 Å². The summed E-state index contributed by atoms with van der Waals surface area (Å²) in [6.45, 7) is 3.31. The maximum absolute atomic E-state index is 12.3. The average Bonchev–Trinajstić information content (AvgIpc) is 2.54. The number of halogens is 3. The molecule has 2 unspecified atom stereocenters. The number of rotatable bonds is 5. The van der Waals surface area contributed by atoms with Crippen LogP contribution in [0.15, 0.2) is 24.3 Å². The van der Waals surface area contributed by atoms with E-state index in [4.69, 9.17) is 0 Å². The number of carbonyl (C=O) groups excluding carboxylic acids is 1. The molecule has 2 rings (SSSR count). The van der Waals surface area contributed by atoms with E-state index in [-0.39, 0.29) is 30.2 Å². The Hall–Kier alpha value is -1.80. The van der Waals surface area contributed by atoms with Crippen molar-refractivity contribution in [3.63, 3.8) is 0 Å². The van der Waals surface area contributed by atoms with Gasteiger partial charge >= 0.3 is 6.36 Å². The molecule has 1 aliphatic rings. The summed E-state index contributed by atoms with van der Waals surface area (Å²) < 4.78 is 40.1. The SMILES string of the molecule is CC(C(=O)Nc1ccc(OC(F)(F)F)cc1)N1CCCC(CO)C1. The molecule has 0 aromatic heterocycles. The number of nitrogens with zero attached hydrogens (tertiary/aromatic N) is 1. The average molecular weight is 346 g/mol. The number of hydrogen-bond acceptors (Lipinski definition) is 4. The molecule has 134 valence electrons. The van der Waals surface area contributed by atoms with Crippen molar-refractivity contribution in [3.8, 4) is 5.75 Å². The lowest BCUT2D eigenvalue weighted by Gasteiger charge is -2.35. The highest BCUT2D eigenvalue weighted by molar-refractivity contribution is 5.94. The standard InChI is InChI=1S/C16H21F3N2O3/c1-11(21-8-2-3-12(9-21)10-22)15(23)20-13-4-6-14(7-5-13)24-16(17,18)19/h4-7,11-12,22H,2-3,8-10H2,1H3,(H,20,23). The molecule has 5 nitrogen and oxygen atoms in total. The van der Waals surface area contributed by atoms with E-state index in [1.54, 1.807) is 6.92 Å². The number of amides is 1. The first-order valence-electron chi connectivity index (χ1n) is 7.80. The van der Waals surface area contributed by atoms with Crippen molar-refractivity contribution in [3.05, 3.63) is 24.3 Å². The van der Waals surface area contributed by atoms with Crippen LogP contribution in [0.25, 0.3) is 0 Å². The van der Waals surface area contributed by atoms with E-state index in [9.17, 15) is 23.1 Å². The van der Waals surface area contributed by atoms with Crippen LogP contribution in [0.5, 0.6) is 5.75 Å². The van der Waals surface area contributed by atoms with Crippen LogP contribution in [0.3, 0.4) is 0 Å². The number of carbonyl (C=O) groups is 1. The van der Waals surface area contributed by atoms with Gasteiger partial charge in [0.2, 0.25) is 5.91 Å². The fraction of sp³-hybridized carbons (Fsp3) is 0.562. The molecule has 0 aliphatic carbocycles. The van der Waals surface area contributed by atoms with E-state index < -0.39 is 6.36 Å². The molecule has 1 amide bonds. The second kappa shape index (κ2) is 7.85. The third kappa shape index (κ3) is 5.38. The third-order valence-electron chi connectivity index (χ3n) is 4.09. The number of benzene rings is 1. The molecule has 0 spiro atoms. The Balaban J connectivity index is 1.91. The smallest absolute Gasteiger partial charge is 0.406 e. The summed E-state index contributed by atoms with van der Waals surface area (Å²) in [6.07, 6.45) is -2.87. The minimum Gasteiger partial charge on any atom is -0.406 e.